The smallest absolute Gasteiger partial charge is 0.408 e. The van der Waals surface area contributed by atoms with Gasteiger partial charge in [-0.3, -0.25) is 9.59 Å². The van der Waals surface area contributed by atoms with E-state index in [4.69, 9.17) is 4.74 Å². The first-order valence-corrected chi connectivity index (χ1v) is 8.71. The fourth-order valence-corrected chi connectivity index (χ4v) is 2.03. The van der Waals surface area contributed by atoms with E-state index in [1.54, 1.807) is 20.8 Å². The molecule has 0 aliphatic heterocycles. The number of aryl methyl sites for hydroxylation is 2. The van der Waals surface area contributed by atoms with Gasteiger partial charge in [0.05, 0.1) is 6.54 Å². The van der Waals surface area contributed by atoms with Gasteiger partial charge in [0.1, 0.15) is 5.60 Å². The van der Waals surface area contributed by atoms with E-state index in [-0.39, 0.29) is 18.4 Å². The maximum atomic E-state index is 11.8. The summed E-state index contributed by atoms with van der Waals surface area (Å²) >= 11 is 0. The Hall–Kier alpha value is -2.57. The molecule has 1 aromatic carbocycles. The second-order valence-electron chi connectivity index (χ2n) is 7.04. The molecule has 0 spiro atoms. The summed E-state index contributed by atoms with van der Waals surface area (Å²) in [7, 11) is 0. The summed E-state index contributed by atoms with van der Waals surface area (Å²) in [6, 6.07) is 8.07. The van der Waals surface area contributed by atoms with Crippen molar-refractivity contribution in [3.63, 3.8) is 0 Å². The summed E-state index contributed by atoms with van der Waals surface area (Å²) in [6.45, 7) is 7.72. The van der Waals surface area contributed by atoms with Crippen LogP contribution in [0.5, 0.6) is 0 Å². The normalized spacial score (nSPS) is 10.8. The zero-order valence-electron chi connectivity index (χ0n) is 16.0. The summed E-state index contributed by atoms with van der Waals surface area (Å²) < 4.78 is 5.03. The van der Waals surface area contributed by atoms with Crippen molar-refractivity contribution in [2.75, 3.05) is 19.6 Å². The van der Waals surface area contributed by atoms with Crippen LogP contribution < -0.4 is 16.0 Å². The fourth-order valence-electron chi connectivity index (χ4n) is 2.03. The van der Waals surface area contributed by atoms with Crippen molar-refractivity contribution in [1.82, 2.24) is 16.0 Å². The average Bonchev–Trinajstić information content (AvgIpc) is 2.55. The molecule has 0 aliphatic rings. The van der Waals surface area contributed by atoms with Crippen LogP contribution in [-0.2, 0) is 20.7 Å². The van der Waals surface area contributed by atoms with Crippen LogP contribution in [0, 0.1) is 6.92 Å². The summed E-state index contributed by atoms with van der Waals surface area (Å²) in [5.41, 5.74) is 1.70. The van der Waals surface area contributed by atoms with Crippen LogP contribution in [0.2, 0.25) is 0 Å². The standard InChI is InChI=1S/C19H29N3O4/c1-14-5-7-15(8-6-14)9-10-16(23)20-11-12-21-17(24)13-22-18(25)26-19(2,3)4/h5-8H,9-13H2,1-4H3,(H,20,23)(H,21,24)(H,22,25). The quantitative estimate of drug-likeness (QED) is 0.612. The van der Waals surface area contributed by atoms with Gasteiger partial charge in [0.2, 0.25) is 11.8 Å². The van der Waals surface area contributed by atoms with Crippen molar-refractivity contribution in [3.05, 3.63) is 35.4 Å². The molecule has 144 valence electrons. The molecule has 7 heteroatoms. The maximum absolute atomic E-state index is 11.8. The molecule has 3 amide bonds. The lowest BCUT2D eigenvalue weighted by Gasteiger charge is -2.19. The highest BCUT2D eigenvalue weighted by molar-refractivity contribution is 5.82. The summed E-state index contributed by atoms with van der Waals surface area (Å²) in [5, 5.41) is 7.73. The number of rotatable bonds is 8. The van der Waals surface area contributed by atoms with Gasteiger partial charge in [-0.1, -0.05) is 29.8 Å². The minimum absolute atomic E-state index is 0.0632. The number of nitrogens with one attached hydrogen (secondary N) is 3. The number of alkyl carbamates (subject to hydrolysis) is 1. The minimum Gasteiger partial charge on any atom is -0.444 e. The Balaban J connectivity index is 2.09. The topological polar surface area (TPSA) is 96.5 Å². The van der Waals surface area contributed by atoms with E-state index >= 15 is 0 Å². The third kappa shape index (κ3) is 10.3. The van der Waals surface area contributed by atoms with Crippen LogP contribution in [0.1, 0.15) is 38.3 Å². The van der Waals surface area contributed by atoms with Gasteiger partial charge < -0.3 is 20.7 Å². The molecule has 3 N–H and O–H groups in total. The van der Waals surface area contributed by atoms with Gasteiger partial charge in [-0.05, 0) is 39.7 Å². The molecule has 26 heavy (non-hydrogen) atoms. The number of carbonyl (C=O) groups is 3. The van der Waals surface area contributed by atoms with Crippen LogP contribution >= 0.6 is 0 Å². The third-order valence-corrected chi connectivity index (χ3v) is 3.32. The van der Waals surface area contributed by atoms with Gasteiger partial charge in [0.15, 0.2) is 0 Å². The molecule has 0 aliphatic carbocycles. The maximum Gasteiger partial charge on any atom is 0.408 e. The van der Waals surface area contributed by atoms with Crippen molar-refractivity contribution in [2.45, 2.75) is 46.1 Å². The lowest BCUT2D eigenvalue weighted by Crippen LogP contribution is -2.42. The number of carbonyl (C=O) groups excluding carboxylic acids is 3. The van der Waals surface area contributed by atoms with Gasteiger partial charge in [0.25, 0.3) is 0 Å². The van der Waals surface area contributed by atoms with Crippen LogP contribution in [-0.4, -0.2) is 43.1 Å². The molecule has 0 radical (unpaired) electrons. The van der Waals surface area contributed by atoms with Crippen molar-refractivity contribution < 1.29 is 19.1 Å². The van der Waals surface area contributed by atoms with Crippen molar-refractivity contribution in [1.29, 1.82) is 0 Å². The number of hydrogen-bond donors (Lipinski definition) is 3. The van der Waals surface area contributed by atoms with E-state index in [0.29, 0.717) is 25.9 Å². The largest absolute Gasteiger partial charge is 0.444 e. The van der Waals surface area contributed by atoms with Crippen molar-refractivity contribution in [2.24, 2.45) is 0 Å². The van der Waals surface area contributed by atoms with Crippen molar-refractivity contribution >= 4 is 17.9 Å². The van der Waals surface area contributed by atoms with E-state index in [1.165, 1.54) is 5.56 Å². The molecule has 0 heterocycles. The summed E-state index contributed by atoms with van der Waals surface area (Å²) in [5.74, 6) is -0.406. The second-order valence-corrected chi connectivity index (χ2v) is 7.04. The first-order chi connectivity index (χ1) is 12.2. The van der Waals surface area contributed by atoms with Gasteiger partial charge >= 0.3 is 6.09 Å². The van der Waals surface area contributed by atoms with Crippen LogP contribution in [0.25, 0.3) is 0 Å². The van der Waals surface area contributed by atoms with Crippen LogP contribution in [0.15, 0.2) is 24.3 Å². The van der Waals surface area contributed by atoms with E-state index in [9.17, 15) is 14.4 Å². The molecule has 1 aromatic rings. The minimum atomic E-state index is -0.642. The number of ether oxygens (including phenoxy) is 1. The van der Waals surface area contributed by atoms with E-state index in [1.807, 2.05) is 31.2 Å². The first kappa shape index (κ1) is 21.5. The lowest BCUT2D eigenvalue weighted by molar-refractivity contribution is -0.122. The monoisotopic (exact) mass is 363 g/mol. The van der Waals surface area contributed by atoms with Gasteiger partial charge in [-0.2, -0.15) is 0 Å². The number of benzene rings is 1. The lowest BCUT2D eigenvalue weighted by atomic mass is 10.1. The molecular formula is C19H29N3O4. The van der Waals surface area contributed by atoms with Gasteiger partial charge in [-0.15, -0.1) is 0 Å². The SMILES string of the molecule is Cc1ccc(CCC(=O)NCCNC(=O)CNC(=O)OC(C)(C)C)cc1. The molecule has 0 unspecified atom stereocenters. The van der Waals surface area contributed by atoms with Crippen LogP contribution in [0.4, 0.5) is 4.79 Å². The second kappa shape index (κ2) is 10.4. The van der Waals surface area contributed by atoms with Gasteiger partial charge in [-0.25, -0.2) is 4.79 Å². The van der Waals surface area contributed by atoms with E-state index in [0.717, 1.165) is 5.56 Å². The number of hydrogen-bond acceptors (Lipinski definition) is 4. The molecular weight excluding hydrogens is 334 g/mol. The first-order valence-electron chi connectivity index (χ1n) is 8.71. The molecule has 0 atom stereocenters. The van der Waals surface area contributed by atoms with Crippen LogP contribution in [0.3, 0.4) is 0 Å². The Morgan fingerprint density at radius 2 is 1.50 bits per heavy atom. The molecule has 0 saturated heterocycles. The number of amides is 3. The molecule has 0 bridgehead atoms. The highest BCUT2D eigenvalue weighted by Gasteiger charge is 2.16. The van der Waals surface area contributed by atoms with E-state index in [2.05, 4.69) is 16.0 Å². The van der Waals surface area contributed by atoms with Crippen molar-refractivity contribution in [3.8, 4) is 0 Å². The Kier molecular flexibility index (Phi) is 8.61. The Morgan fingerprint density at radius 1 is 0.923 bits per heavy atom. The molecule has 7 nitrogen and oxygen atoms in total. The fraction of sp³-hybridized carbons (Fsp3) is 0.526. The zero-order chi connectivity index (χ0) is 19.6. The average molecular weight is 363 g/mol. The molecule has 0 saturated carbocycles. The Bertz CT molecular complexity index is 606. The molecule has 1 rings (SSSR count). The molecule has 0 fully saturated rings. The Labute approximate surface area is 154 Å². The third-order valence-electron chi connectivity index (χ3n) is 3.32. The zero-order valence-corrected chi connectivity index (χ0v) is 16.0. The summed E-state index contributed by atoms with van der Waals surface area (Å²) in [4.78, 5) is 34.8. The Morgan fingerprint density at radius 3 is 2.08 bits per heavy atom. The predicted octanol–water partition coefficient (Wildman–Crippen LogP) is 1.68. The summed E-state index contributed by atoms with van der Waals surface area (Å²) in [6.07, 6.45) is 0.437. The molecule has 0 aromatic heterocycles. The van der Waals surface area contributed by atoms with E-state index < -0.39 is 11.7 Å². The van der Waals surface area contributed by atoms with Gasteiger partial charge in [0, 0.05) is 19.5 Å². The predicted molar refractivity (Wildman–Crippen MR) is 99.8 cm³/mol. The highest BCUT2D eigenvalue weighted by Crippen LogP contribution is 2.06. The highest BCUT2D eigenvalue weighted by atomic mass is 16.6.